The second-order valence-electron chi connectivity index (χ2n) is 4.54. The number of ether oxygens (including phenoxy) is 1. The summed E-state index contributed by atoms with van der Waals surface area (Å²) in [6.45, 7) is 3.46. The summed E-state index contributed by atoms with van der Waals surface area (Å²) in [5.74, 6) is -0.968. The number of carbonyl (C=O) groups excluding carboxylic acids is 2. The number of amides is 2. The minimum absolute atomic E-state index is 0.0636. The van der Waals surface area contributed by atoms with Gasteiger partial charge in [-0.3, -0.25) is 9.59 Å². The Morgan fingerprint density at radius 1 is 1.55 bits per heavy atom. The highest BCUT2D eigenvalue weighted by Crippen LogP contribution is 2.13. The van der Waals surface area contributed by atoms with Gasteiger partial charge in [0.1, 0.15) is 11.9 Å². The van der Waals surface area contributed by atoms with Crippen LogP contribution in [0.4, 0.5) is 10.1 Å². The van der Waals surface area contributed by atoms with Crippen molar-refractivity contribution in [1.82, 2.24) is 4.90 Å². The van der Waals surface area contributed by atoms with Crippen molar-refractivity contribution in [1.29, 1.82) is 0 Å². The van der Waals surface area contributed by atoms with Crippen molar-refractivity contribution >= 4 is 17.5 Å². The summed E-state index contributed by atoms with van der Waals surface area (Å²) >= 11 is 0. The highest BCUT2D eigenvalue weighted by Gasteiger charge is 2.30. The standard InChI is InChI=1S/C14H17FN2O3/c1-2-17-6-7-20-12(14(17)19)9-13(18)16-11-5-3-4-10(15)8-11/h3-5,8,12H,2,6-7,9H2,1H3,(H,16,18)/t12-/m0/s1. The molecule has 2 amide bonds. The highest BCUT2D eigenvalue weighted by atomic mass is 19.1. The summed E-state index contributed by atoms with van der Waals surface area (Å²) in [6, 6.07) is 5.61. The van der Waals surface area contributed by atoms with Crippen molar-refractivity contribution in [3.8, 4) is 0 Å². The van der Waals surface area contributed by atoms with Gasteiger partial charge in [0.25, 0.3) is 5.91 Å². The Hall–Kier alpha value is -1.95. The van der Waals surface area contributed by atoms with Gasteiger partial charge in [-0.25, -0.2) is 4.39 Å². The Balaban J connectivity index is 1.92. The molecule has 1 aromatic rings. The number of halogens is 1. The van der Waals surface area contributed by atoms with Crippen molar-refractivity contribution in [2.75, 3.05) is 25.0 Å². The van der Waals surface area contributed by atoms with Crippen molar-refractivity contribution in [2.24, 2.45) is 0 Å². The van der Waals surface area contributed by atoms with Gasteiger partial charge in [0, 0.05) is 18.8 Å². The van der Waals surface area contributed by atoms with E-state index >= 15 is 0 Å². The number of hydrogen-bond donors (Lipinski definition) is 1. The third-order valence-corrected chi connectivity index (χ3v) is 3.13. The average Bonchev–Trinajstić information content (AvgIpc) is 2.41. The van der Waals surface area contributed by atoms with Gasteiger partial charge in [0.05, 0.1) is 13.0 Å². The van der Waals surface area contributed by atoms with E-state index in [-0.39, 0.29) is 18.2 Å². The zero-order valence-corrected chi connectivity index (χ0v) is 11.3. The number of carbonyl (C=O) groups is 2. The SMILES string of the molecule is CCN1CCO[C@@H](CC(=O)Nc2cccc(F)c2)C1=O. The van der Waals surface area contributed by atoms with Gasteiger partial charge in [-0.2, -0.15) is 0 Å². The van der Waals surface area contributed by atoms with Crippen LogP contribution in [-0.2, 0) is 14.3 Å². The number of likely N-dealkylation sites (N-methyl/N-ethyl adjacent to an activating group) is 1. The topological polar surface area (TPSA) is 58.6 Å². The number of nitrogens with one attached hydrogen (secondary N) is 1. The fourth-order valence-electron chi connectivity index (χ4n) is 2.10. The molecule has 20 heavy (non-hydrogen) atoms. The largest absolute Gasteiger partial charge is 0.366 e. The first-order chi connectivity index (χ1) is 9.60. The van der Waals surface area contributed by atoms with E-state index < -0.39 is 11.9 Å². The lowest BCUT2D eigenvalue weighted by Crippen LogP contribution is -2.48. The Morgan fingerprint density at radius 3 is 3.05 bits per heavy atom. The van der Waals surface area contributed by atoms with Crippen LogP contribution >= 0.6 is 0 Å². The van der Waals surface area contributed by atoms with Crippen molar-refractivity contribution in [2.45, 2.75) is 19.4 Å². The number of rotatable bonds is 4. The van der Waals surface area contributed by atoms with Crippen LogP contribution in [0.2, 0.25) is 0 Å². The molecule has 1 aliphatic heterocycles. The van der Waals surface area contributed by atoms with Crippen LogP contribution in [0.15, 0.2) is 24.3 Å². The summed E-state index contributed by atoms with van der Waals surface area (Å²) in [5, 5.41) is 2.55. The second kappa shape index (κ2) is 6.47. The minimum atomic E-state index is -0.753. The van der Waals surface area contributed by atoms with E-state index in [1.165, 1.54) is 18.2 Å². The summed E-state index contributed by atoms with van der Waals surface area (Å²) in [7, 11) is 0. The first kappa shape index (κ1) is 14.5. The quantitative estimate of drug-likeness (QED) is 0.907. The maximum Gasteiger partial charge on any atom is 0.252 e. The molecule has 1 atom stereocenters. The molecular formula is C14H17FN2O3. The molecule has 0 aromatic heterocycles. The van der Waals surface area contributed by atoms with E-state index in [1.807, 2.05) is 6.92 Å². The van der Waals surface area contributed by atoms with Crippen LogP contribution in [0.1, 0.15) is 13.3 Å². The first-order valence-electron chi connectivity index (χ1n) is 6.56. The molecule has 0 unspecified atom stereocenters. The number of morpholine rings is 1. The van der Waals surface area contributed by atoms with E-state index in [2.05, 4.69) is 5.32 Å². The molecule has 0 aliphatic carbocycles. The van der Waals surface area contributed by atoms with Crippen LogP contribution < -0.4 is 5.32 Å². The lowest BCUT2D eigenvalue weighted by molar-refractivity contribution is -0.154. The number of benzene rings is 1. The highest BCUT2D eigenvalue weighted by molar-refractivity contribution is 5.95. The molecule has 0 saturated carbocycles. The van der Waals surface area contributed by atoms with E-state index in [0.29, 0.717) is 25.4 Å². The lowest BCUT2D eigenvalue weighted by atomic mass is 10.1. The lowest BCUT2D eigenvalue weighted by Gasteiger charge is -2.31. The molecule has 1 saturated heterocycles. The van der Waals surface area contributed by atoms with Gasteiger partial charge in [0.2, 0.25) is 5.91 Å². The Bertz CT molecular complexity index is 507. The molecule has 1 N–H and O–H groups in total. The average molecular weight is 280 g/mol. The van der Waals surface area contributed by atoms with E-state index in [1.54, 1.807) is 11.0 Å². The Kier molecular flexibility index (Phi) is 4.68. The van der Waals surface area contributed by atoms with Crippen LogP contribution in [-0.4, -0.2) is 42.5 Å². The Morgan fingerprint density at radius 2 is 2.35 bits per heavy atom. The summed E-state index contributed by atoms with van der Waals surface area (Å²) < 4.78 is 18.3. The summed E-state index contributed by atoms with van der Waals surface area (Å²) in [5.41, 5.74) is 0.366. The van der Waals surface area contributed by atoms with Crippen LogP contribution in [0, 0.1) is 5.82 Å². The number of nitrogens with zero attached hydrogens (tertiary/aromatic N) is 1. The predicted molar refractivity (Wildman–Crippen MR) is 71.6 cm³/mol. The fraction of sp³-hybridized carbons (Fsp3) is 0.429. The second-order valence-corrected chi connectivity index (χ2v) is 4.54. The number of hydrogen-bond acceptors (Lipinski definition) is 3. The molecule has 5 nitrogen and oxygen atoms in total. The predicted octanol–water partition coefficient (Wildman–Crippen LogP) is 1.40. The van der Waals surface area contributed by atoms with Gasteiger partial charge >= 0.3 is 0 Å². The minimum Gasteiger partial charge on any atom is -0.366 e. The normalized spacial score (nSPS) is 19.0. The molecule has 1 aromatic carbocycles. The van der Waals surface area contributed by atoms with Crippen LogP contribution in [0.3, 0.4) is 0 Å². The molecule has 0 radical (unpaired) electrons. The smallest absolute Gasteiger partial charge is 0.252 e. The van der Waals surface area contributed by atoms with Crippen molar-refractivity contribution in [3.63, 3.8) is 0 Å². The van der Waals surface area contributed by atoms with E-state index in [4.69, 9.17) is 4.74 Å². The maximum atomic E-state index is 13.0. The molecule has 1 heterocycles. The Labute approximate surface area is 116 Å². The van der Waals surface area contributed by atoms with Gasteiger partial charge in [-0.15, -0.1) is 0 Å². The van der Waals surface area contributed by atoms with Crippen LogP contribution in [0.25, 0.3) is 0 Å². The number of anilines is 1. The zero-order valence-electron chi connectivity index (χ0n) is 11.3. The fourth-order valence-corrected chi connectivity index (χ4v) is 2.10. The first-order valence-corrected chi connectivity index (χ1v) is 6.56. The molecule has 1 fully saturated rings. The molecule has 108 valence electrons. The van der Waals surface area contributed by atoms with E-state index in [0.717, 1.165) is 0 Å². The molecular weight excluding hydrogens is 263 g/mol. The maximum absolute atomic E-state index is 13.0. The van der Waals surface area contributed by atoms with Crippen molar-refractivity contribution in [3.05, 3.63) is 30.1 Å². The monoisotopic (exact) mass is 280 g/mol. The van der Waals surface area contributed by atoms with Gasteiger partial charge in [0.15, 0.2) is 0 Å². The third kappa shape index (κ3) is 3.54. The molecule has 0 spiro atoms. The van der Waals surface area contributed by atoms with Gasteiger partial charge < -0.3 is 15.0 Å². The van der Waals surface area contributed by atoms with Crippen LogP contribution in [0.5, 0.6) is 0 Å². The summed E-state index contributed by atoms with van der Waals surface area (Å²) in [4.78, 5) is 25.5. The van der Waals surface area contributed by atoms with E-state index in [9.17, 15) is 14.0 Å². The molecule has 6 heteroatoms. The third-order valence-electron chi connectivity index (χ3n) is 3.13. The molecule has 0 bridgehead atoms. The zero-order chi connectivity index (χ0) is 14.5. The van der Waals surface area contributed by atoms with Gasteiger partial charge in [-0.1, -0.05) is 6.07 Å². The van der Waals surface area contributed by atoms with Gasteiger partial charge in [-0.05, 0) is 25.1 Å². The summed E-state index contributed by atoms with van der Waals surface area (Å²) in [6.07, 6.45) is -0.816. The molecule has 2 rings (SSSR count). The van der Waals surface area contributed by atoms with Crippen molar-refractivity contribution < 1.29 is 18.7 Å². The molecule has 1 aliphatic rings.